The number of nitro groups is 1. The Morgan fingerprint density at radius 3 is 2.39 bits per heavy atom. The van der Waals surface area contributed by atoms with Crippen LogP contribution in [-0.4, -0.2) is 67.6 Å². The highest BCUT2D eigenvalue weighted by Gasteiger charge is 2.24. The van der Waals surface area contributed by atoms with Crippen molar-refractivity contribution in [1.82, 2.24) is 14.6 Å². The van der Waals surface area contributed by atoms with Crippen LogP contribution in [0, 0.1) is 10.1 Å². The molecule has 11 nitrogen and oxygen atoms in total. The number of hydrogen-bond acceptors (Lipinski definition) is 11. The van der Waals surface area contributed by atoms with E-state index in [0.29, 0.717) is 12.3 Å². The van der Waals surface area contributed by atoms with E-state index < -0.39 is 26.5 Å². The topological polar surface area (TPSA) is 138 Å². The second kappa shape index (κ2) is 15.6. The van der Waals surface area contributed by atoms with Crippen molar-refractivity contribution in [1.29, 1.82) is 0 Å². The highest BCUT2D eigenvalue weighted by Crippen LogP contribution is 2.29. The van der Waals surface area contributed by atoms with Crippen LogP contribution < -0.4 is 14.9 Å². The molecule has 1 saturated heterocycles. The SMILES string of the molecule is O=C(NS(=O)(=O)c1ccc(NCCSc2nccs2)c([N+](=O)[O-])c1)c1ccc(N2CCN(Cc3ccccc3-c3ccccc3)CC2)cc1. The first-order valence-corrected chi connectivity index (χ1v) is 18.9. The van der Waals surface area contributed by atoms with Gasteiger partial charge in [0.1, 0.15) is 10.0 Å². The summed E-state index contributed by atoms with van der Waals surface area (Å²) in [6.45, 7) is 4.61. The molecule has 1 aromatic heterocycles. The maximum Gasteiger partial charge on any atom is 0.293 e. The molecule has 6 rings (SSSR count). The molecule has 4 aromatic carbocycles. The van der Waals surface area contributed by atoms with E-state index in [2.05, 4.69) is 68.6 Å². The smallest absolute Gasteiger partial charge is 0.293 e. The third kappa shape index (κ3) is 8.64. The number of sulfonamides is 1. The van der Waals surface area contributed by atoms with Gasteiger partial charge in [0.05, 0.1) is 9.82 Å². The Morgan fingerprint density at radius 1 is 0.939 bits per heavy atom. The van der Waals surface area contributed by atoms with Crippen molar-refractivity contribution in [3.8, 4) is 11.1 Å². The summed E-state index contributed by atoms with van der Waals surface area (Å²) in [5.74, 6) is -0.211. The minimum Gasteiger partial charge on any atom is -0.379 e. The standard InChI is InChI=1S/C35H34N6O5S3/c42-34(38-49(45,46)30-14-15-32(33(24-30)41(43)44)36-16-22-47-35-37-17-23-48-35)27-10-12-29(13-11-27)40-20-18-39(19-21-40)25-28-8-4-5-9-31(28)26-6-2-1-3-7-26/h1-15,17,23-24,36H,16,18-22,25H2,(H,38,42). The van der Waals surface area contributed by atoms with Crippen molar-refractivity contribution < 1.29 is 18.1 Å². The zero-order chi connectivity index (χ0) is 34.2. The van der Waals surface area contributed by atoms with Gasteiger partial charge >= 0.3 is 0 Å². The zero-order valence-corrected chi connectivity index (χ0v) is 28.8. The average molecular weight is 715 g/mol. The Bertz CT molecular complexity index is 2000. The molecular weight excluding hydrogens is 681 g/mol. The molecule has 0 bridgehead atoms. The van der Waals surface area contributed by atoms with E-state index in [1.54, 1.807) is 30.5 Å². The number of carbonyl (C=O) groups is 1. The number of nitro benzene ring substituents is 1. The number of hydrogen-bond donors (Lipinski definition) is 2. The fraction of sp³-hybridized carbons (Fsp3) is 0.200. The largest absolute Gasteiger partial charge is 0.379 e. The molecular formula is C35H34N6O5S3. The number of nitrogens with zero attached hydrogens (tertiary/aromatic N) is 4. The van der Waals surface area contributed by atoms with E-state index in [0.717, 1.165) is 48.8 Å². The van der Waals surface area contributed by atoms with Crippen molar-refractivity contribution in [3.05, 3.63) is 130 Å². The molecule has 0 radical (unpaired) electrons. The molecule has 0 spiro atoms. The number of aromatic nitrogens is 1. The van der Waals surface area contributed by atoms with Crippen molar-refractivity contribution in [2.45, 2.75) is 15.8 Å². The fourth-order valence-electron chi connectivity index (χ4n) is 5.61. The van der Waals surface area contributed by atoms with Gasteiger partial charge in [0.2, 0.25) is 0 Å². The van der Waals surface area contributed by atoms with Crippen LogP contribution in [0.5, 0.6) is 0 Å². The van der Waals surface area contributed by atoms with E-state index >= 15 is 0 Å². The van der Waals surface area contributed by atoms with Crippen molar-refractivity contribution in [2.75, 3.05) is 48.7 Å². The summed E-state index contributed by atoms with van der Waals surface area (Å²) in [7, 11) is -4.38. The fourth-order valence-corrected chi connectivity index (χ4v) is 8.17. The second-order valence-corrected chi connectivity index (χ2v) is 15.2. The minimum absolute atomic E-state index is 0.161. The molecule has 0 unspecified atom stereocenters. The number of anilines is 2. The summed E-state index contributed by atoms with van der Waals surface area (Å²) in [5, 5.41) is 16.6. The molecule has 0 aliphatic carbocycles. The molecule has 1 aliphatic rings. The number of nitrogens with one attached hydrogen (secondary N) is 2. The lowest BCUT2D eigenvalue weighted by Gasteiger charge is -2.36. The Labute approximate surface area is 293 Å². The quantitative estimate of drug-likeness (QED) is 0.0613. The monoisotopic (exact) mass is 714 g/mol. The summed E-state index contributed by atoms with van der Waals surface area (Å²) >= 11 is 3.01. The van der Waals surface area contributed by atoms with Crippen molar-refractivity contribution in [2.24, 2.45) is 0 Å². The number of benzene rings is 4. The van der Waals surface area contributed by atoms with Crippen LogP contribution in [-0.2, 0) is 16.6 Å². The lowest BCUT2D eigenvalue weighted by Crippen LogP contribution is -2.46. The number of rotatable bonds is 13. The van der Waals surface area contributed by atoms with Crippen LogP contribution in [0.1, 0.15) is 15.9 Å². The predicted molar refractivity (Wildman–Crippen MR) is 195 cm³/mol. The number of amides is 1. The van der Waals surface area contributed by atoms with Crippen LogP contribution >= 0.6 is 23.1 Å². The lowest BCUT2D eigenvalue weighted by atomic mass is 9.99. The van der Waals surface area contributed by atoms with E-state index in [4.69, 9.17) is 0 Å². The van der Waals surface area contributed by atoms with Crippen LogP contribution in [0.4, 0.5) is 17.1 Å². The molecule has 49 heavy (non-hydrogen) atoms. The van der Waals surface area contributed by atoms with E-state index in [1.165, 1.54) is 51.9 Å². The van der Waals surface area contributed by atoms with E-state index in [1.807, 2.05) is 16.2 Å². The van der Waals surface area contributed by atoms with Gasteiger partial charge in [-0.15, -0.1) is 11.3 Å². The molecule has 1 aliphatic heterocycles. The Morgan fingerprint density at radius 2 is 1.67 bits per heavy atom. The highest BCUT2D eigenvalue weighted by molar-refractivity contribution is 8.01. The molecule has 2 N–H and O–H groups in total. The normalized spacial score (nSPS) is 13.6. The third-order valence-corrected chi connectivity index (χ3v) is 11.4. The maximum absolute atomic E-state index is 13.1. The summed E-state index contributed by atoms with van der Waals surface area (Å²) < 4.78 is 29.1. The average Bonchev–Trinajstić information content (AvgIpc) is 3.65. The molecule has 1 amide bonds. The van der Waals surface area contributed by atoms with Gasteiger partial charge in [-0.2, -0.15) is 0 Å². The molecule has 0 saturated carbocycles. The van der Waals surface area contributed by atoms with Crippen LogP contribution in [0.2, 0.25) is 0 Å². The van der Waals surface area contributed by atoms with Crippen LogP contribution in [0.25, 0.3) is 11.1 Å². The van der Waals surface area contributed by atoms with Crippen LogP contribution in [0.15, 0.2) is 118 Å². The number of carbonyl (C=O) groups excluding carboxylic acids is 1. The zero-order valence-electron chi connectivity index (χ0n) is 26.4. The van der Waals surface area contributed by atoms with Crippen molar-refractivity contribution in [3.63, 3.8) is 0 Å². The van der Waals surface area contributed by atoms with Gasteiger partial charge in [0.15, 0.2) is 0 Å². The van der Waals surface area contributed by atoms with Crippen molar-refractivity contribution >= 4 is 56.1 Å². The lowest BCUT2D eigenvalue weighted by molar-refractivity contribution is -0.384. The van der Waals surface area contributed by atoms with E-state index in [-0.39, 0.29) is 16.1 Å². The first-order chi connectivity index (χ1) is 23.8. The number of thioether (sulfide) groups is 1. The molecule has 1 fully saturated rings. The molecule has 14 heteroatoms. The summed E-state index contributed by atoms with van der Waals surface area (Å²) in [5.41, 5.74) is 4.60. The number of piperazine rings is 1. The molecule has 0 atom stereocenters. The summed E-state index contributed by atoms with van der Waals surface area (Å²) in [6, 6.07) is 29.2. The summed E-state index contributed by atoms with van der Waals surface area (Å²) in [6.07, 6.45) is 1.70. The van der Waals surface area contributed by atoms with Gasteiger partial charge in [-0.05, 0) is 53.1 Å². The number of thiazole rings is 1. The van der Waals surface area contributed by atoms with Gasteiger partial charge in [-0.3, -0.25) is 19.8 Å². The highest BCUT2D eigenvalue weighted by atomic mass is 32.2. The second-order valence-electron chi connectivity index (χ2n) is 11.3. The molecule has 252 valence electrons. The maximum atomic E-state index is 13.1. The first kappa shape index (κ1) is 34.1. The molecule has 5 aromatic rings. The van der Waals surface area contributed by atoms with Gasteiger partial charge < -0.3 is 10.2 Å². The Hall–Kier alpha value is -4.76. The van der Waals surface area contributed by atoms with Gasteiger partial charge in [-0.25, -0.2) is 18.1 Å². The predicted octanol–water partition coefficient (Wildman–Crippen LogP) is 6.36. The third-order valence-electron chi connectivity index (χ3n) is 8.12. The van der Waals surface area contributed by atoms with Crippen LogP contribution in [0.3, 0.4) is 0 Å². The molecule has 2 heterocycles. The Balaban J connectivity index is 1.03. The van der Waals surface area contributed by atoms with Gasteiger partial charge in [0, 0.05) is 73.9 Å². The van der Waals surface area contributed by atoms with Gasteiger partial charge in [-0.1, -0.05) is 66.4 Å². The van der Waals surface area contributed by atoms with Gasteiger partial charge in [0.25, 0.3) is 21.6 Å². The minimum atomic E-state index is -4.38. The van der Waals surface area contributed by atoms with E-state index in [9.17, 15) is 23.3 Å². The Kier molecular flexibility index (Phi) is 10.9. The summed E-state index contributed by atoms with van der Waals surface area (Å²) in [4.78, 5) is 32.5. The first-order valence-electron chi connectivity index (χ1n) is 15.6.